The molecule has 0 atom stereocenters. The summed E-state index contributed by atoms with van der Waals surface area (Å²) in [4.78, 5) is 27.4. The Labute approximate surface area is 155 Å². The Kier molecular flexibility index (Phi) is 6.50. The number of hydrogen-bond donors (Lipinski definition) is 2. The summed E-state index contributed by atoms with van der Waals surface area (Å²) in [7, 11) is 0. The molecule has 142 valence electrons. The largest absolute Gasteiger partial charge is 0.481 e. The van der Waals surface area contributed by atoms with Crippen LogP contribution in [0.5, 0.6) is 0 Å². The molecule has 1 aromatic rings. The van der Waals surface area contributed by atoms with Gasteiger partial charge in [0.25, 0.3) is 0 Å². The predicted octanol–water partition coefficient (Wildman–Crippen LogP) is 2.73. The lowest BCUT2D eigenvalue weighted by Crippen LogP contribution is -2.50. The van der Waals surface area contributed by atoms with Crippen LogP contribution in [0.25, 0.3) is 0 Å². The normalized spacial score (nSPS) is 19.0. The highest BCUT2D eigenvalue weighted by Gasteiger charge is 2.27. The Hall–Kier alpha value is -2.08. The van der Waals surface area contributed by atoms with Gasteiger partial charge in [-0.15, -0.1) is 0 Å². The van der Waals surface area contributed by atoms with E-state index in [-0.39, 0.29) is 12.5 Å². The molecule has 6 nitrogen and oxygen atoms in total. The number of carboxylic acid groups (broad SMARTS) is 1. The van der Waals surface area contributed by atoms with Gasteiger partial charge in [0.1, 0.15) is 0 Å². The van der Waals surface area contributed by atoms with E-state index in [2.05, 4.69) is 5.32 Å². The number of anilines is 1. The number of aliphatic carboxylic acids is 1. The van der Waals surface area contributed by atoms with E-state index in [0.717, 1.165) is 62.7 Å². The second-order valence-corrected chi connectivity index (χ2v) is 7.32. The van der Waals surface area contributed by atoms with Crippen molar-refractivity contribution in [3.63, 3.8) is 0 Å². The molecule has 0 unspecified atom stereocenters. The molecule has 2 heterocycles. The fourth-order valence-electron chi connectivity index (χ4n) is 3.83. The summed E-state index contributed by atoms with van der Waals surface area (Å²) in [6, 6.07) is 7.83. The maximum absolute atomic E-state index is 12.9. The first kappa shape index (κ1) is 18.7. The Morgan fingerprint density at radius 3 is 2.58 bits per heavy atom. The number of rotatable bonds is 7. The third-order valence-electron chi connectivity index (χ3n) is 5.45. The minimum Gasteiger partial charge on any atom is -0.481 e. The van der Waals surface area contributed by atoms with E-state index in [0.29, 0.717) is 6.42 Å². The molecule has 0 spiro atoms. The number of benzene rings is 1. The van der Waals surface area contributed by atoms with Crippen LogP contribution in [-0.4, -0.2) is 54.7 Å². The molecule has 0 bridgehead atoms. The van der Waals surface area contributed by atoms with Gasteiger partial charge in [-0.3, -0.25) is 9.69 Å². The lowest BCUT2D eigenvalue weighted by atomic mass is 9.94. The third kappa shape index (κ3) is 4.97. The van der Waals surface area contributed by atoms with Crippen LogP contribution in [0.3, 0.4) is 0 Å². The summed E-state index contributed by atoms with van der Waals surface area (Å²) in [6.45, 7) is 4.63. The van der Waals surface area contributed by atoms with Crippen molar-refractivity contribution in [2.24, 2.45) is 5.92 Å². The Balaban J connectivity index is 1.55. The number of carbonyl (C=O) groups is 2. The van der Waals surface area contributed by atoms with Crippen LogP contribution in [-0.2, 0) is 11.2 Å². The van der Waals surface area contributed by atoms with Crippen molar-refractivity contribution in [2.45, 2.75) is 38.5 Å². The number of carbonyl (C=O) groups excluding carboxylic acids is 1. The maximum atomic E-state index is 12.9. The molecular formula is C20H29N3O3. The molecule has 6 heteroatoms. The smallest absolute Gasteiger partial charge is 0.324 e. The molecule has 3 rings (SSSR count). The number of aryl methyl sites for hydroxylation is 1. The number of piperidine rings is 1. The van der Waals surface area contributed by atoms with Crippen LogP contribution < -0.4 is 10.2 Å². The van der Waals surface area contributed by atoms with Gasteiger partial charge >= 0.3 is 12.0 Å². The van der Waals surface area contributed by atoms with E-state index >= 15 is 0 Å². The molecule has 0 radical (unpaired) electrons. The Morgan fingerprint density at radius 1 is 1.15 bits per heavy atom. The minimum absolute atomic E-state index is 0.100. The first-order valence-electron chi connectivity index (χ1n) is 9.71. The average molecular weight is 359 g/mol. The van der Waals surface area contributed by atoms with Gasteiger partial charge in [-0.25, -0.2) is 4.79 Å². The molecule has 2 saturated heterocycles. The summed E-state index contributed by atoms with van der Waals surface area (Å²) in [5.74, 6) is -0.0578. The second kappa shape index (κ2) is 9.03. The lowest BCUT2D eigenvalue weighted by Gasteiger charge is -2.36. The Bertz CT molecular complexity index is 611. The number of carboxylic acids is 1. The number of urea groups is 1. The predicted molar refractivity (Wildman–Crippen MR) is 102 cm³/mol. The van der Waals surface area contributed by atoms with Gasteiger partial charge in [-0.2, -0.15) is 0 Å². The standard InChI is InChI=1S/C20H29N3O3/c24-19(25)7-4-16-2-5-18(6-3-16)23-14-1-13-22(20(23)26)15-10-17-8-11-21-12-9-17/h2-3,5-6,17,21H,1,4,7-15H2,(H,24,25). The fraction of sp³-hybridized carbons (Fsp3) is 0.600. The highest BCUT2D eigenvalue weighted by molar-refractivity contribution is 5.92. The molecule has 26 heavy (non-hydrogen) atoms. The third-order valence-corrected chi connectivity index (χ3v) is 5.45. The average Bonchev–Trinajstić information content (AvgIpc) is 2.67. The van der Waals surface area contributed by atoms with E-state index in [1.54, 1.807) is 0 Å². The van der Waals surface area contributed by atoms with Crippen molar-refractivity contribution >= 4 is 17.7 Å². The van der Waals surface area contributed by atoms with Crippen molar-refractivity contribution in [3.8, 4) is 0 Å². The van der Waals surface area contributed by atoms with Crippen LogP contribution in [0.1, 0.15) is 37.7 Å². The topological polar surface area (TPSA) is 72.9 Å². The van der Waals surface area contributed by atoms with Gasteiger partial charge in [-0.1, -0.05) is 12.1 Å². The highest BCUT2D eigenvalue weighted by Crippen LogP contribution is 2.23. The van der Waals surface area contributed by atoms with Crippen molar-refractivity contribution in [1.29, 1.82) is 0 Å². The van der Waals surface area contributed by atoms with Crippen molar-refractivity contribution in [1.82, 2.24) is 10.2 Å². The van der Waals surface area contributed by atoms with Crippen LogP contribution >= 0.6 is 0 Å². The molecule has 0 aromatic heterocycles. The fourth-order valence-corrected chi connectivity index (χ4v) is 3.83. The van der Waals surface area contributed by atoms with E-state index in [9.17, 15) is 9.59 Å². The van der Waals surface area contributed by atoms with Crippen molar-refractivity contribution in [2.75, 3.05) is 37.6 Å². The quantitative estimate of drug-likeness (QED) is 0.785. The van der Waals surface area contributed by atoms with E-state index < -0.39 is 5.97 Å². The van der Waals surface area contributed by atoms with Crippen LogP contribution in [0.2, 0.25) is 0 Å². The molecule has 2 aliphatic heterocycles. The highest BCUT2D eigenvalue weighted by atomic mass is 16.4. The van der Waals surface area contributed by atoms with Crippen molar-refractivity contribution in [3.05, 3.63) is 29.8 Å². The zero-order valence-electron chi connectivity index (χ0n) is 15.3. The van der Waals surface area contributed by atoms with Gasteiger partial charge in [0.2, 0.25) is 0 Å². The first-order valence-corrected chi connectivity index (χ1v) is 9.71. The Morgan fingerprint density at radius 2 is 1.88 bits per heavy atom. The monoisotopic (exact) mass is 359 g/mol. The number of nitrogens with one attached hydrogen (secondary N) is 1. The molecule has 2 aliphatic rings. The molecule has 0 aliphatic carbocycles. The lowest BCUT2D eigenvalue weighted by molar-refractivity contribution is -0.136. The molecule has 1 aromatic carbocycles. The van der Waals surface area contributed by atoms with Crippen molar-refractivity contribution < 1.29 is 14.7 Å². The van der Waals surface area contributed by atoms with E-state index in [1.807, 2.05) is 34.1 Å². The SMILES string of the molecule is O=C(O)CCc1ccc(N2CCCN(CCC3CCNCC3)C2=O)cc1. The zero-order chi connectivity index (χ0) is 18.4. The first-order chi connectivity index (χ1) is 12.6. The van der Waals surface area contributed by atoms with Gasteiger partial charge in [0.05, 0.1) is 0 Å². The molecule has 0 saturated carbocycles. The van der Waals surface area contributed by atoms with Gasteiger partial charge in [-0.05, 0) is 68.8 Å². The van der Waals surface area contributed by atoms with E-state index in [1.165, 1.54) is 12.8 Å². The summed E-state index contributed by atoms with van der Waals surface area (Å²) < 4.78 is 0. The van der Waals surface area contributed by atoms with Gasteiger partial charge in [0.15, 0.2) is 0 Å². The summed E-state index contributed by atoms with van der Waals surface area (Å²) in [5.41, 5.74) is 1.89. The van der Waals surface area contributed by atoms with Gasteiger partial charge in [0, 0.05) is 31.7 Å². The minimum atomic E-state index is -0.787. The summed E-state index contributed by atoms with van der Waals surface area (Å²) in [5, 5.41) is 12.2. The summed E-state index contributed by atoms with van der Waals surface area (Å²) >= 11 is 0. The second-order valence-electron chi connectivity index (χ2n) is 7.32. The van der Waals surface area contributed by atoms with E-state index in [4.69, 9.17) is 5.11 Å². The number of hydrogen-bond acceptors (Lipinski definition) is 3. The van der Waals surface area contributed by atoms with Gasteiger partial charge < -0.3 is 15.3 Å². The molecule has 2 fully saturated rings. The molecular weight excluding hydrogens is 330 g/mol. The number of amides is 2. The maximum Gasteiger partial charge on any atom is 0.324 e. The zero-order valence-corrected chi connectivity index (χ0v) is 15.3. The summed E-state index contributed by atoms with van der Waals surface area (Å²) in [6.07, 6.45) is 5.15. The van der Waals surface area contributed by atoms with Crippen LogP contribution in [0.15, 0.2) is 24.3 Å². The molecule has 2 amide bonds. The van der Waals surface area contributed by atoms with Crippen LogP contribution in [0.4, 0.5) is 10.5 Å². The molecule has 2 N–H and O–H groups in total. The van der Waals surface area contributed by atoms with Crippen LogP contribution in [0, 0.1) is 5.92 Å². The number of nitrogens with zero attached hydrogens (tertiary/aromatic N) is 2.